The van der Waals surface area contributed by atoms with E-state index in [9.17, 15) is 18.0 Å². The maximum absolute atomic E-state index is 12.8. The van der Waals surface area contributed by atoms with Crippen LogP contribution in [0.15, 0.2) is 46.5 Å². The van der Waals surface area contributed by atoms with Gasteiger partial charge in [-0.3, -0.25) is 0 Å². The molecule has 2 aliphatic heterocycles. The largest absolute Gasteiger partial charge is 0.416 e. The molecule has 2 unspecified atom stereocenters. The topological polar surface area (TPSA) is 47.6 Å². The van der Waals surface area contributed by atoms with Gasteiger partial charge in [0.05, 0.1) is 15.6 Å². The van der Waals surface area contributed by atoms with E-state index in [4.69, 9.17) is 23.2 Å². The Balaban J connectivity index is 1.29. The number of hydrogen-bond donors (Lipinski definition) is 2. The monoisotopic (exact) mass is 572 g/mol. The molecule has 38 heavy (non-hydrogen) atoms. The highest BCUT2D eigenvalue weighted by atomic mass is 35.5. The summed E-state index contributed by atoms with van der Waals surface area (Å²) in [5.41, 5.74) is -0.449. The molecule has 0 spiro atoms. The lowest BCUT2D eigenvalue weighted by atomic mass is 9.84. The van der Waals surface area contributed by atoms with Crippen molar-refractivity contribution in [1.82, 2.24) is 15.1 Å². The smallest absolute Gasteiger partial charge is 0.338 e. The first-order valence-electron chi connectivity index (χ1n) is 13.6. The molecule has 1 aromatic rings. The summed E-state index contributed by atoms with van der Waals surface area (Å²) >= 11 is 12.5. The van der Waals surface area contributed by atoms with E-state index in [2.05, 4.69) is 20.4 Å². The van der Waals surface area contributed by atoms with Gasteiger partial charge in [-0.05, 0) is 107 Å². The molecule has 4 rings (SSSR count). The highest BCUT2D eigenvalue weighted by Gasteiger charge is 2.30. The van der Waals surface area contributed by atoms with E-state index in [0.717, 1.165) is 44.6 Å². The Morgan fingerprint density at radius 3 is 2.32 bits per heavy atom. The molecule has 3 aliphatic rings. The molecule has 2 atom stereocenters. The number of urea groups is 1. The van der Waals surface area contributed by atoms with E-state index in [1.807, 2.05) is 12.2 Å². The summed E-state index contributed by atoms with van der Waals surface area (Å²) in [4.78, 5) is 17.8. The molecule has 210 valence electrons. The normalized spacial score (nSPS) is 22.9. The highest BCUT2D eigenvalue weighted by molar-refractivity contribution is 6.44. The summed E-state index contributed by atoms with van der Waals surface area (Å²) in [5, 5.41) is 6.63. The molecule has 2 amide bonds. The number of likely N-dealkylation sites (tertiary alicyclic amines) is 2. The average molecular weight is 574 g/mol. The number of carbonyl (C=O) groups excluding carboxylic acids is 1. The van der Waals surface area contributed by atoms with Crippen molar-refractivity contribution in [2.75, 3.05) is 44.6 Å². The Morgan fingerprint density at radius 1 is 1.00 bits per heavy atom. The van der Waals surface area contributed by atoms with Crippen molar-refractivity contribution in [2.45, 2.75) is 57.2 Å². The van der Waals surface area contributed by atoms with Crippen molar-refractivity contribution in [3.05, 3.63) is 52.0 Å². The number of nitrogens with one attached hydrogen (secondary N) is 2. The fourth-order valence-electron chi connectivity index (χ4n) is 5.75. The number of benzene rings is 1. The number of piperidine rings is 2. The number of halogens is 5. The Hall–Kier alpha value is -1.74. The predicted octanol–water partition coefficient (Wildman–Crippen LogP) is 7.05. The number of nitrogens with zero attached hydrogens (tertiary/aromatic N) is 2. The summed E-state index contributed by atoms with van der Waals surface area (Å²) in [6.45, 7) is 6.01. The van der Waals surface area contributed by atoms with Crippen LogP contribution in [0.25, 0.3) is 0 Å². The number of hydrogen-bond acceptors (Lipinski definition) is 3. The van der Waals surface area contributed by atoms with Gasteiger partial charge in [-0.25, -0.2) is 4.79 Å². The number of allylic oxidation sites excluding steroid dienone is 4. The van der Waals surface area contributed by atoms with Gasteiger partial charge >= 0.3 is 12.2 Å². The Labute approximate surface area is 233 Å². The molecule has 2 fully saturated rings. The first-order chi connectivity index (χ1) is 18.2. The molecular formula is C28H37Cl2F3N4O. The molecule has 0 radical (unpaired) electrons. The molecule has 1 aliphatic carbocycles. The number of rotatable bonds is 8. The third-order valence-electron chi connectivity index (χ3n) is 8.04. The second kappa shape index (κ2) is 13.6. The maximum atomic E-state index is 12.8. The molecule has 2 N–H and O–H groups in total. The Morgan fingerprint density at radius 2 is 1.68 bits per heavy atom. The Kier molecular flexibility index (Phi) is 10.4. The van der Waals surface area contributed by atoms with E-state index in [1.54, 1.807) is 0 Å². The van der Waals surface area contributed by atoms with Crippen LogP contribution in [-0.4, -0.2) is 61.1 Å². The van der Waals surface area contributed by atoms with Crippen molar-refractivity contribution < 1.29 is 18.0 Å². The SMILES string of the molecule is O=C(NCC(CCN1CCC(N2CCCCC2)CC1)C1C=C(Cl)C(Cl)=CC1)Nc1ccc(C(F)(F)F)cc1. The third-order valence-corrected chi connectivity index (χ3v) is 8.82. The molecule has 2 heterocycles. The molecular weight excluding hydrogens is 536 g/mol. The fourth-order valence-corrected chi connectivity index (χ4v) is 6.14. The van der Waals surface area contributed by atoms with Crippen LogP contribution >= 0.6 is 23.2 Å². The van der Waals surface area contributed by atoms with Gasteiger partial charge in [0.15, 0.2) is 0 Å². The van der Waals surface area contributed by atoms with Gasteiger partial charge in [-0.15, -0.1) is 0 Å². The number of amides is 2. The van der Waals surface area contributed by atoms with Crippen LogP contribution in [0.2, 0.25) is 0 Å². The zero-order valence-corrected chi connectivity index (χ0v) is 23.1. The quantitative estimate of drug-likeness (QED) is 0.351. The van der Waals surface area contributed by atoms with Crippen LogP contribution in [-0.2, 0) is 6.18 Å². The van der Waals surface area contributed by atoms with Crippen LogP contribution in [0.4, 0.5) is 23.7 Å². The van der Waals surface area contributed by atoms with Gasteiger partial charge in [0.25, 0.3) is 0 Å². The van der Waals surface area contributed by atoms with Crippen LogP contribution in [0.3, 0.4) is 0 Å². The predicted molar refractivity (Wildman–Crippen MR) is 147 cm³/mol. The summed E-state index contributed by atoms with van der Waals surface area (Å²) in [5.74, 6) is 0.283. The van der Waals surface area contributed by atoms with Crippen molar-refractivity contribution in [1.29, 1.82) is 0 Å². The number of carbonyl (C=O) groups is 1. The fraction of sp³-hybridized carbons (Fsp3) is 0.607. The zero-order chi connectivity index (χ0) is 27.1. The molecule has 2 saturated heterocycles. The van der Waals surface area contributed by atoms with Crippen molar-refractivity contribution in [3.63, 3.8) is 0 Å². The van der Waals surface area contributed by atoms with E-state index in [1.165, 1.54) is 57.3 Å². The first-order valence-corrected chi connectivity index (χ1v) is 14.4. The summed E-state index contributed by atoms with van der Waals surface area (Å²) in [6, 6.07) is 4.67. The minimum Gasteiger partial charge on any atom is -0.338 e. The molecule has 0 aromatic heterocycles. The van der Waals surface area contributed by atoms with Crippen LogP contribution in [0, 0.1) is 11.8 Å². The summed E-state index contributed by atoms with van der Waals surface area (Å²) in [6.07, 6.45) is 7.52. The average Bonchev–Trinajstić information content (AvgIpc) is 2.91. The molecule has 5 nitrogen and oxygen atoms in total. The number of alkyl halides is 3. The van der Waals surface area contributed by atoms with Gasteiger partial charge in [-0.2, -0.15) is 13.2 Å². The minimum atomic E-state index is -4.41. The van der Waals surface area contributed by atoms with Gasteiger partial charge < -0.3 is 20.4 Å². The van der Waals surface area contributed by atoms with Crippen LogP contribution < -0.4 is 10.6 Å². The van der Waals surface area contributed by atoms with Gasteiger partial charge in [0, 0.05) is 18.3 Å². The lowest BCUT2D eigenvalue weighted by molar-refractivity contribution is -0.137. The zero-order valence-electron chi connectivity index (χ0n) is 21.6. The van der Waals surface area contributed by atoms with E-state index in [-0.39, 0.29) is 11.8 Å². The van der Waals surface area contributed by atoms with E-state index in [0.29, 0.717) is 28.3 Å². The van der Waals surface area contributed by atoms with Gasteiger partial charge in [0.2, 0.25) is 0 Å². The van der Waals surface area contributed by atoms with Crippen LogP contribution in [0.1, 0.15) is 50.5 Å². The number of anilines is 1. The first kappa shape index (κ1) is 29.2. The van der Waals surface area contributed by atoms with Gasteiger partial charge in [-0.1, -0.05) is 41.8 Å². The van der Waals surface area contributed by atoms with E-state index >= 15 is 0 Å². The molecule has 10 heteroatoms. The van der Waals surface area contributed by atoms with E-state index < -0.39 is 17.8 Å². The summed E-state index contributed by atoms with van der Waals surface area (Å²) < 4.78 is 38.4. The Bertz CT molecular complexity index is 985. The summed E-state index contributed by atoms with van der Waals surface area (Å²) in [7, 11) is 0. The lowest BCUT2D eigenvalue weighted by Crippen LogP contribution is -2.47. The standard InChI is InChI=1S/C28H37Cl2F3N4O/c29-25-9-4-20(18-26(25)30)21(10-15-36-16-11-24(12-17-36)37-13-2-1-3-14-37)19-34-27(38)35-23-7-5-22(6-8-23)28(31,32)33/h5-9,18,20-21,24H,1-4,10-17,19H2,(H2,34,35,38). The van der Waals surface area contributed by atoms with Crippen molar-refractivity contribution in [2.24, 2.45) is 11.8 Å². The minimum absolute atomic E-state index is 0.141. The van der Waals surface area contributed by atoms with Gasteiger partial charge in [0.1, 0.15) is 0 Å². The van der Waals surface area contributed by atoms with Crippen molar-refractivity contribution in [3.8, 4) is 0 Å². The second-order valence-electron chi connectivity index (χ2n) is 10.6. The third kappa shape index (κ3) is 8.38. The highest BCUT2D eigenvalue weighted by Crippen LogP contribution is 2.34. The van der Waals surface area contributed by atoms with Crippen LogP contribution in [0.5, 0.6) is 0 Å². The molecule has 0 bridgehead atoms. The maximum Gasteiger partial charge on any atom is 0.416 e. The lowest BCUT2D eigenvalue weighted by Gasteiger charge is -2.40. The molecule has 1 aromatic carbocycles. The molecule has 0 saturated carbocycles. The second-order valence-corrected chi connectivity index (χ2v) is 11.4. The van der Waals surface area contributed by atoms with Crippen molar-refractivity contribution >= 4 is 34.9 Å².